The second kappa shape index (κ2) is 3.91. The van der Waals surface area contributed by atoms with Crippen molar-refractivity contribution in [3.8, 4) is 0 Å². The normalized spacial score (nSPS) is 16.8. The molecule has 1 aliphatic carbocycles. The van der Waals surface area contributed by atoms with Gasteiger partial charge in [0.2, 0.25) is 0 Å². The van der Waals surface area contributed by atoms with Gasteiger partial charge in [0.25, 0.3) is 0 Å². The Morgan fingerprint density at radius 1 is 1.40 bits per heavy atom. The van der Waals surface area contributed by atoms with Crippen LogP contribution in [0.15, 0.2) is 23.7 Å². The summed E-state index contributed by atoms with van der Waals surface area (Å²) in [5, 5.41) is 3.57. The van der Waals surface area contributed by atoms with E-state index in [0.717, 1.165) is 18.1 Å². The fourth-order valence-electron chi connectivity index (χ4n) is 1.89. The predicted octanol–water partition coefficient (Wildman–Crippen LogP) is 2.94. The van der Waals surface area contributed by atoms with Crippen LogP contribution in [-0.2, 0) is 6.54 Å². The van der Waals surface area contributed by atoms with Crippen molar-refractivity contribution >= 4 is 21.6 Å². The number of nitrogens with zero attached hydrogens (tertiary/aromatic N) is 1. The number of fused-ring (bicyclic) bond motifs is 1. The first-order valence-corrected chi connectivity index (χ1v) is 6.35. The van der Waals surface area contributed by atoms with E-state index in [2.05, 4.69) is 28.5 Å². The maximum Gasteiger partial charge on any atom is 0.0815 e. The van der Waals surface area contributed by atoms with Gasteiger partial charge in [-0.25, -0.2) is 4.98 Å². The summed E-state index contributed by atoms with van der Waals surface area (Å²) in [6, 6.07) is 7.32. The Morgan fingerprint density at radius 3 is 3.13 bits per heavy atom. The molecule has 0 amide bonds. The van der Waals surface area contributed by atoms with Gasteiger partial charge in [0.05, 0.1) is 15.7 Å². The van der Waals surface area contributed by atoms with Crippen molar-refractivity contribution in [1.82, 2.24) is 10.3 Å². The molecule has 2 nitrogen and oxygen atoms in total. The first kappa shape index (κ1) is 9.31. The van der Waals surface area contributed by atoms with Crippen molar-refractivity contribution in [3.63, 3.8) is 0 Å². The Hall–Kier alpha value is -0.930. The van der Waals surface area contributed by atoms with Gasteiger partial charge in [-0.1, -0.05) is 12.5 Å². The maximum absolute atomic E-state index is 4.33. The van der Waals surface area contributed by atoms with Crippen LogP contribution in [0.4, 0.5) is 0 Å². The van der Waals surface area contributed by atoms with Crippen LogP contribution in [0, 0.1) is 0 Å². The Kier molecular flexibility index (Phi) is 2.43. The summed E-state index contributed by atoms with van der Waals surface area (Å²) in [5.41, 5.74) is 4.39. The number of nitrogens with one attached hydrogen (secondary N) is 1. The molecule has 3 rings (SSSR count). The number of hydrogen-bond acceptors (Lipinski definition) is 3. The molecule has 1 aromatic carbocycles. The second-order valence-corrected chi connectivity index (χ2v) is 5.05. The minimum atomic E-state index is 0.760. The molecule has 0 aliphatic heterocycles. The van der Waals surface area contributed by atoms with Crippen LogP contribution in [0.2, 0.25) is 0 Å². The quantitative estimate of drug-likeness (QED) is 0.856. The third-order valence-corrected chi connectivity index (χ3v) is 3.90. The lowest BCUT2D eigenvalue weighted by molar-refractivity contribution is 0.338. The van der Waals surface area contributed by atoms with Gasteiger partial charge in [-0.15, -0.1) is 11.3 Å². The van der Waals surface area contributed by atoms with Crippen molar-refractivity contribution in [3.05, 3.63) is 29.3 Å². The number of hydrogen-bond donors (Lipinski definition) is 1. The average molecular weight is 218 g/mol. The third-order valence-electron chi connectivity index (χ3n) is 3.09. The molecule has 3 heteroatoms. The molecule has 78 valence electrons. The summed E-state index contributed by atoms with van der Waals surface area (Å²) < 4.78 is 1.28. The predicted molar refractivity (Wildman–Crippen MR) is 64.1 cm³/mol. The van der Waals surface area contributed by atoms with E-state index in [4.69, 9.17) is 0 Å². The first-order chi connectivity index (χ1) is 7.42. The Bertz CT molecular complexity index is 459. The van der Waals surface area contributed by atoms with Crippen LogP contribution in [0.3, 0.4) is 0 Å². The van der Waals surface area contributed by atoms with Gasteiger partial charge in [-0.2, -0.15) is 0 Å². The van der Waals surface area contributed by atoms with Gasteiger partial charge in [0, 0.05) is 12.6 Å². The zero-order valence-electron chi connectivity index (χ0n) is 8.57. The SMILES string of the molecule is c1nc2cc(CNC3CCC3)ccc2s1. The van der Waals surface area contributed by atoms with Crippen LogP contribution in [0.25, 0.3) is 10.2 Å². The van der Waals surface area contributed by atoms with Crippen LogP contribution < -0.4 is 5.32 Å². The van der Waals surface area contributed by atoms with E-state index in [9.17, 15) is 0 Å². The molecule has 1 N–H and O–H groups in total. The molecule has 1 heterocycles. The van der Waals surface area contributed by atoms with Gasteiger partial charge >= 0.3 is 0 Å². The van der Waals surface area contributed by atoms with E-state index in [1.165, 1.54) is 29.5 Å². The highest BCUT2D eigenvalue weighted by molar-refractivity contribution is 7.16. The van der Waals surface area contributed by atoms with Crippen LogP contribution in [0.1, 0.15) is 24.8 Å². The second-order valence-electron chi connectivity index (χ2n) is 4.16. The third kappa shape index (κ3) is 1.90. The average Bonchev–Trinajstić information content (AvgIpc) is 2.62. The van der Waals surface area contributed by atoms with E-state index in [1.807, 2.05) is 5.51 Å². The minimum absolute atomic E-state index is 0.760. The molecular formula is C12H14N2S. The van der Waals surface area contributed by atoms with E-state index >= 15 is 0 Å². The fourth-order valence-corrected chi connectivity index (χ4v) is 2.55. The zero-order valence-corrected chi connectivity index (χ0v) is 9.39. The molecule has 2 aromatic rings. The Morgan fingerprint density at radius 2 is 2.33 bits per heavy atom. The van der Waals surface area contributed by atoms with Crippen LogP contribution in [0.5, 0.6) is 0 Å². The largest absolute Gasteiger partial charge is 0.310 e. The van der Waals surface area contributed by atoms with Crippen molar-refractivity contribution in [2.45, 2.75) is 31.8 Å². The summed E-state index contributed by atoms with van der Waals surface area (Å²) in [6.07, 6.45) is 4.08. The molecule has 0 bridgehead atoms. The first-order valence-electron chi connectivity index (χ1n) is 5.47. The maximum atomic E-state index is 4.33. The fraction of sp³-hybridized carbons (Fsp3) is 0.417. The molecule has 1 aromatic heterocycles. The molecular weight excluding hydrogens is 204 g/mol. The smallest absolute Gasteiger partial charge is 0.0815 e. The molecule has 1 aliphatic rings. The monoisotopic (exact) mass is 218 g/mol. The molecule has 1 fully saturated rings. The van der Waals surface area contributed by atoms with E-state index in [1.54, 1.807) is 11.3 Å². The van der Waals surface area contributed by atoms with Crippen molar-refractivity contribution in [2.24, 2.45) is 0 Å². The summed E-state index contributed by atoms with van der Waals surface area (Å²) in [6.45, 7) is 0.984. The van der Waals surface area contributed by atoms with Crippen LogP contribution in [-0.4, -0.2) is 11.0 Å². The molecule has 15 heavy (non-hydrogen) atoms. The van der Waals surface area contributed by atoms with Gasteiger partial charge in [0.1, 0.15) is 0 Å². The highest BCUT2D eigenvalue weighted by atomic mass is 32.1. The zero-order chi connectivity index (χ0) is 10.1. The van der Waals surface area contributed by atoms with Gasteiger partial charge in [-0.05, 0) is 30.5 Å². The number of thiazole rings is 1. The van der Waals surface area contributed by atoms with E-state index < -0.39 is 0 Å². The number of rotatable bonds is 3. The number of aromatic nitrogens is 1. The lowest BCUT2D eigenvalue weighted by Crippen LogP contribution is -2.34. The summed E-state index contributed by atoms with van der Waals surface area (Å²) in [4.78, 5) is 4.33. The summed E-state index contributed by atoms with van der Waals surface area (Å²) in [5.74, 6) is 0. The summed E-state index contributed by atoms with van der Waals surface area (Å²) in [7, 11) is 0. The van der Waals surface area contributed by atoms with Gasteiger partial charge < -0.3 is 5.32 Å². The molecule has 0 unspecified atom stereocenters. The molecule has 0 radical (unpaired) electrons. The van der Waals surface area contributed by atoms with E-state index in [0.29, 0.717) is 0 Å². The van der Waals surface area contributed by atoms with Crippen molar-refractivity contribution < 1.29 is 0 Å². The van der Waals surface area contributed by atoms with Gasteiger partial charge in [-0.3, -0.25) is 0 Å². The lowest BCUT2D eigenvalue weighted by atomic mass is 9.93. The Balaban J connectivity index is 1.72. The minimum Gasteiger partial charge on any atom is -0.310 e. The van der Waals surface area contributed by atoms with Crippen molar-refractivity contribution in [1.29, 1.82) is 0 Å². The van der Waals surface area contributed by atoms with Gasteiger partial charge in [0.15, 0.2) is 0 Å². The summed E-state index contributed by atoms with van der Waals surface area (Å²) >= 11 is 1.70. The Labute approximate surface area is 93.3 Å². The molecule has 0 atom stereocenters. The lowest BCUT2D eigenvalue weighted by Gasteiger charge is -2.26. The van der Waals surface area contributed by atoms with E-state index in [-0.39, 0.29) is 0 Å². The van der Waals surface area contributed by atoms with Crippen molar-refractivity contribution in [2.75, 3.05) is 0 Å². The standard InChI is InChI=1S/C12H14N2S/c1-2-10(3-1)13-7-9-4-5-12-11(6-9)14-8-15-12/h4-6,8,10,13H,1-3,7H2. The molecule has 0 spiro atoms. The van der Waals surface area contributed by atoms with Crippen LogP contribution >= 0.6 is 11.3 Å². The molecule has 0 saturated heterocycles. The molecule has 1 saturated carbocycles. The number of benzene rings is 1. The highest BCUT2D eigenvalue weighted by Crippen LogP contribution is 2.21. The highest BCUT2D eigenvalue weighted by Gasteiger charge is 2.15. The topological polar surface area (TPSA) is 24.9 Å².